The fourth-order valence-electron chi connectivity index (χ4n) is 2.67. The van der Waals surface area contributed by atoms with E-state index in [-0.39, 0.29) is 0 Å². The second-order valence-electron chi connectivity index (χ2n) is 6.77. The number of allylic oxidation sites excluding steroid dienone is 6. The Balaban J connectivity index is 1.79. The summed E-state index contributed by atoms with van der Waals surface area (Å²) in [6.07, 6.45) is 7.82. The van der Waals surface area contributed by atoms with Crippen molar-refractivity contribution in [3.8, 4) is 12.1 Å². The number of rotatable bonds is 5. The van der Waals surface area contributed by atoms with E-state index in [2.05, 4.69) is 43.3 Å². The molecule has 3 rings (SSSR count). The number of hydrogen-bond donors (Lipinski definition) is 0. The zero-order chi connectivity index (χ0) is 21.0. The van der Waals surface area contributed by atoms with E-state index in [1.54, 1.807) is 35.7 Å². The molecule has 0 atom stereocenters. The minimum Gasteiger partial charge on any atom is -0.457 e. The van der Waals surface area contributed by atoms with Crippen LogP contribution in [0.5, 0.6) is 0 Å². The SMILES string of the molecule is C/C(C#N)=C/c1ccc(/C(C)=C/C=C(\C)c2cc3sc(/C=C(/C)C#N)cc3s2)o1. The van der Waals surface area contributed by atoms with Gasteiger partial charge >= 0.3 is 0 Å². The second-order valence-corrected chi connectivity index (χ2v) is 8.97. The molecule has 0 saturated heterocycles. The van der Waals surface area contributed by atoms with Gasteiger partial charge in [0, 0.05) is 30.3 Å². The standard InChI is InChI=1S/C24H20N2OS2/c1-15(13-25)9-19-7-8-21(27-19)17(3)5-6-18(4)22-12-24-23(29-22)11-20(28-24)10-16(2)14-26/h5-12H,1-4H3/b15-9-,16-10-,17-5+,18-6+. The van der Waals surface area contributed by atoms with Gasteiger partial charge in [0.2, 0.25) is 0 Å². The van der Waals surface area contributed by atoms with Crippen LogP contribution in [0.3, 0.4) is 0 Å². The van der Waals surface area contributed by atoms with Gasteiger partial charge in [-0.15, -0.1) is 22.7 Å². The van der Waals surface area contributed by atoms with Gasteiger partial charge in [0.05, 0.1) is 12.1 Å². The molecule has 0 spiro atoms. The molecule has 0 N–H and O–H groups in total. The monoisotopic (exact) mass is 416 g/mol. The van der Waals surface area contributed by atoms with Gasteiger partial charge in [-0.05, 0) is 75.3 Å². The molecule has 0 amide bonds. The first-order chi connectivity index (χ1) is 13.9. The first kappa shape index (κ1) is 20.6. The average Bonchev–Trinajstić information content (AvgIpc) is 3.40. The van der Waals surface area contributed by atoms with Crippen molar-refractivity contribution in [3.63, 3.8) is 0 Å². The molecular weight excluding hydrogens is 396 g/mol. The van der Waals surface area contributed by atoms with Crippen LogP contribution in [0.1, 0.15) is 49.0 Å². The Bertz CT molecular complexity index is 1230. The highest BCUT2D eigenvalue weighted by molar-refractivity contribution is 7.28. The van der Waals surface area contributed by atoms with E-state index in [0.717, 1.165) is 21.8 Å². The Morgan fingerprint density at radius 1 is 0.862 bits per heavy atom. The average molecular weight is 417 g/mol. The molecule has 3 heterocycles. The van der Waals surface area contributed by atoms with Crippen LogP contribution in [0.25, 0.3) is 32.7 Å². The van der Waals surface area contributed by atoms with Crippen molar-refractivity contribution in [1.29, 1.82) is 10.5 Å². The van der Waals surface area contributed by atoms with Crippen LogP contribution >= 0.6 is 22.7 Å². The molecule has 3 nitrogen and oxygen atoms in total. The van der Waals surface area contributed by atoms with Crippen molar-refractivity contribution < 1.29 is 4.42 Å². The number of nitriles is 2. The Hall–Kier alpha value is -3.12. The van der Waals surface area contributed by atoms with Gasteiger partial charge in [-0.2, -0.15) is 10.5 Å². The molecule has 3 aromatic heterocycles. The first-order valence-corrected chi connectivity index (χ1v) is 10.7. The van der Waals surface area contributed by atoms with Crippen LogP contribution in [-0.2, 0) is 0 Å². The largest absolute Gasteiger partial charge is 0.457 e. The summed E-state index contributed by atoms with van der Waals surface area (Å²) in [5.41, 5.74) is 3.55. The van der Waals surface area contributed by atoms with E-state index >= 15 is 0 Å². The lowest BCUT2D eigenvalue weighted by molar-refractivity contribution is 0.542. The lowest BCUT2D eigenvalue weighted by Crippen LogP contribution is -1.75. The van der Waals surface area contributed by atoms with E-state index in [4.69, 9.17) is 14.9 Å². The predicted molar refractivity (Wildman–Crippen MR) is 124 cm³/mol. The fourth-order valence-corrected chi connectivity index (χ4v) is 5.06. The van der Waals surface area contributed by atoms with Crippen LogP contribution in [0.15, 0.2) is 52.0 Å². The molecule has 0 aromatic carbocycles. The number of fused-ring (bicyclic) bond motifs is 1. The maximum Gasteiger partial charge on any atom is 0.130 e. The normalized spacial score (nSPS) is 13.6. The van der Waals surface area contributed by atoms with Gasteiger partial charge in [0.25, 0.3) is 0 Å². The smallest absolute Gasteiger partial charge is 0.130 e. The zero-order valence-electron chi connectivity index (χ0n) is 16.7. The molecule has 144 valence electrons. The number of thiophene rings is 2. The van der Waals surface area contributed by atoms with E-state index in [9.17, 15) is 0 Å². The van der Waals surface area contributed by atoms with Gasteiger partial charge in [-0.1, -0.05) is 12.2 Å². The highest BCUT2D eigenvalue weighted by Crippen LogP contribution is 2.37. The fraction of sp³-hybridized carbons (Fsp3) is 0.167. The summed E-state index contributed by atoms with van der Waals surface area (Å²) < 4.78 is 8.28. The van der Waals surface area contributed by atoms with Crippen LogP contribution in [0, 0.1) is 22.7 Å². The third kappa shape index (κ3) is 5.03. The van der Waals surface area contributed by atoms with Gasteiger partial charge < -0.3 is 4.42 Å². The lowest BCUT2D eigenvalue weighted by Gasteiger charge is -1.97. The Morgan fingerprint density at radius 3 is 2.21 bits per heavy atom. The Kier molecular flexibility index (Phi) is 6.34. The summed E-state index contributed by atoms with van der Waals surface area (Å²) in [5, 5.41) is 17.8. The van der Waals surface area contributed by atoms with Crippen LogP contribution < -0.4 is 0 Å². The van der Waals surface area contributed by atoms with Crippen LogP contribution in [0.2, 0.25) is 0 Å². The Labute approximate surface area is 178 Å². The van der Waals surface area contributed by atoms with E-state index in [1.165, 1.54) is 19.9 Å². The summed E-state index contributed by atoms with van der Waals surface area (Å²) in [4.78, 5) is 2.35. The third-order valence-corrected chi connectivity index (χ3v) is 6.66. The maximum atomic E-state index is 8.93. The first-order valence-electron chi connectivity index (χ1n) is 9.05. The molecule has 0 bridgehead atoms. The van der Waals surface area contributed by atoms with Crippen molar-refractivity contribution in [2.24, 2.45) is 0 Å². The topological polar surface area (TPSA) is 60.7 Å². The summed E-state index contributed by atoms with van der Waals surface area (Å²) >= 11 is 3.47. The summed E-state index contributed by atoms with van der Waals surface area (Å²) in [6, 6.07) is 12.4. The minimum atomic E-state index is 0.613. The molecule has 0 unspecified atom stereocenters. The van der Waals surface area contributed by atoms with Crippen LogP contribution in [0.4, 0.5) is 0 Å². The van der Waals surface area contributed by atoms with E-state index in [0.29, 0.717) is 11.3 Å². The number of furan rings is 1. The zero-order valence-corrected chi connectivity index (χ0v) is 18.4. The van der Waals surface area contributed by atoms with E-state index < -0.39 is 0 Å². The molecule has 0 aliphatic heterocycles. The van der Waals surface area contributed by atoms with Gasteiger partial charge in [0.1, 0.15) is 11.5 Å². The quantitative estimate of drug-likeness (QED) is 0.313. The summed E-state index contributed by atoms with van der Waals surface area (Å²) in [7, 11) is 0. The molecule has 5 heteroatoms. The van der Waals surface area contributed by atoms with Crippen molar-refractivity contribution in [2.75, 3.05) is 0 Å². The Morgan fingerprint density at radius 2 is 1.52 bits per heavy atom. The molecule has 29 heavy (non-hydrogen) atoms. The molecule has 0 fully saturated rings. The summed E-state index contributed by atoms with van der Waals surface area (Å²) in [5.74, 6) is 1.48. The molecule has 0 aliphatic rings. The van der Waals surface area contributed by atoms with Crippen molar-refractivity contribution in [3.05, 3.63) is 68.8 Å². The molecule has 3 aromatic rings. The highest BCUT2D eigenvalue weighted by atomic mass is 32.1. The van der Waals surface area contributed by atoms with Gasteiger partial charge in [-0.25, -0.2) is 0 Å². The predicted octanol–water partition coefficient (Wildman–Crippen LogP) is 7.92. The van der Waals surface area contributed by atoms with Gasteiger partial charge in [0.15, 0.2) is 0 Å². The third-order valence-electron chi connectivity index (χ3n) is 4.28. The number of hydrogen-bond acceptors (Lipinski definition) is 5. The molecule has 0 saturated carbocycles. The van der Waals surface area contributed by atoms with Gasteiger partial charge in [-0.3, -0.25) is 0 Å². The second kappa shape index (κ2) is 8.92. The highest BCUT2D eigenvalue weighted by Gasteiger charge is 2.08. The molecule has 0 radical (unpaired) electrons. The van der Waals surface area contributed by atoms with Crippen LogP contribution in [-0.4, -0.2) is 0 Å². The lowest BCUT2D eigenvalue weighted by atomic mass is 10.1. The summed E-state index contributed by atoms with van der Waals surface area (Å²) in [6.45, 7) is 7.69. The molecule has 0 aliphatic carbocycles. The van der Waals surface area contributed by atoms with Crippen molar-refractivity contribution in [1.82, 2.24) is 0 Å². The maximum absolute atomic E-state index is 8.93. The van der Waals surface area contributed by atoms with Crippen molar-refractivity contribution >= 4 is 55.4 Å². The number of nitrogens with zero attached hydrogens (tertiary/aromatic N) is 2. The minimum absolute atomic E-state index is 0.613. The van der Waals surface area contributed by atoms with Crippen molar-refractivity contribution in [2.45, 2.75) is 27.7 Å². The van der Waals surface area contributed by atoms with E-state index in [1.807, 2.05) is 32.1 Å². The molecular formula is C24H20N2OS2.